The van der Waals surface area contributed by atoms with Crippen molar-refractivity contribution in [2.45, 2.75) is 52.6 Å². The lowest BCUT2D eigenvalue weighted by molar-refractivity contribution is 0.179. The van der Waals surface area contributed by atoms with E-state index in [2.05, 4.69) is 38.3 Å². The molecule has 0 fully saturated rings. The zero-order chi connectivity index (χ0) is 12.6. The predicted molar refractivity (Wildman–Crippen MR) is 73.7 cm³/mol. The van der Waals surface area contributed by atoms with Crippen LogP contribution < -0.4 is 10.6 Å². The van der Waals surface area contributed by atoms with Crippen molar-refractivity contribution >= 4 is 17.3 Å². The fraction of sp³-hybridized carbons (Fsp3) is 0.917. The van der Waals surface area contributed by atoms with E-state index in [1.807, 2.05) is 0 Å². The first-order chi connectivity index (χ1) is 7.54. The second-order valence-electron chi connectivity index (χ2n) is 4.34. The van der Waals surface area contributed by atoms with E-state index in [1.165, 1.54) is 12.8 Å². The van der Waals surface area contributed by atoms with Crippen molar-refractivity contribution in [3.63, 3.8) is 0 Å². The van der Waals surface area contributed by atoms with Crippen LogP contribution in [0, 0.1) is 5.92 Å². The Morgan fingerprint density at radius 1 is 1.19 bits per heavy atom. The molecular weight excluding hydrogens is 220 g/mol. The molecule has 0 aromatic heterocycles. The van der Waals surface area contributed by atoms with Gasteiger partial charge in [0.15, 0.2) is 5.11 Å². The molecule has 0 aliphatic rings. The van der Waals surface area contributed by atoms with E-state index in [0.29, 0.717) is 18.6 Å². The van der Waals surface area contributed by atoms with E-state index in [9.17, 15) is 0 Å². The number of methoxy groups -OCH3 is 1. The van der Waals surface area contributed by atoms with Gasteiger partial charge < -0.3 is 15.4 Å². The molecule has 2 unspecified atom stereocenters. The van der Waals surface area contributed by atoms with Crippen molar-refractivity contribution in [3.8, 4) is 0 Å². The second kappa shape index (κ2) is 8.76. The molecule has 0 aliphatic carbocycles. The summed E-state index contributed by atoms with van der Waals surface area (Å²) in [5.74, 6) is 0.678. The van der Waals surface area contributed by atoms with E-state index in [0.717, 1.165) is 5.11 Å². The molecule has 3 nitrogen and oxygen atoms in total. The summed E-state index contributed by atoms with van der Waals surface area (Å²) >= 11 is 5.26. The first kappa shape index (κ1) is 15.7. The molecule has 16 heavy (non-hydrogen) atoms. The first-order valence-corrected chi connectivity index (χ1v) is 6.51. The lowest BCUT2D eigenvalue weighted by Gasteiger charge is -2.25. The summed E-state index contributed by atoms with van der Waals surface area (Å²) in [6.07, 6.45) is 2.36. The maximum atomic E-state index is 5.26. The van der Waals surface area contributed by atoms with Crippen molar-refractivity contribution in [2.75, 3.05) is 13.7 Å². The van der Waals surface area contributed by atoms with Gasteiger partial charge in [-0.05, 0) is 32.0 Å². The van der Waals surface area contributed by atoms with Gasteiger partial charge in [-0.15, -0.1) is 0 Å². The third-order valence-corrected chi connectivity index (χ3v) is 3.14. The zero-order valence-electron chi connectivity index (χ0n) is 11.2. The fourth-order valence-corrected chi connectivity index (χ4v) is 2.26. The van der Waals surface area contributed by atoms with Gasteiger partial charge in [0.05, 0.1) is 6.61 Å². The van der Waals surface area contributed by atoms with Crippen LogP contribution >= 0.6 is 12.2 Å². The Hall–Kier alpha value is -0.350. The van der Waals surface area contributed by atoms with E-state index < -0.39 is 0 Å². The predicted octanol–water partition coefficient (Wildman–Crippen LogP) is 2.31. The summed E-state index contributed by atoms with van der Waals surface area (Å²) in [5, 5.41) is 7.27. The molecule has 0 radical (unpaired) electrons. The highest BCUT2D eigenvalue weighted by atomic mass is 32.1. The molecular formula is C12H26N2OS. The summed E-state index contributed by atoms with van der Waals surface area (Å²) in [5.41, 5.74) is 0. The molecule has 0 spiro atoms. The van der Waals surface area contributed by atoms with Crippen LogP contribution in [-0.2, 0) is 4.74 Å². The number of ether oxygens (including phenoxy) is 1. The third kappa shape index (κ3) is 6.28. The van der Waals surface area contributed by atoms with Crippen LogP contribution in [0.2, 0.25) is 0 Å². The fourth-order valence-electron chi connectivity index (χ4n) is 1.88. The minimum atomic E-state index is 0.249. The van der Waals surface area contributed by atoms with Gasteiger partial charge in [0.1, 0.15) is 0 Å². The Labute approximate surface area is 105 Å². The van der Waals surface area contributed by atoms with Crippen molar-refractivity contribution in [1.82, 2.24) is 10.6 Å². The maximum absolute atomic E-state index is 5.26. The average molecular weight is 246 g/mol. The summed E-state index contributed by atoms with van der Waals surface area (Å²) in [7, 11) is 1.70. The molecule has 4 heteroatoms. The van der Waals surface area contributed by atoms with Gasteiger partial charge >= 0.3 is 0 Å². The summed E-state index contributed by atoms with van der Waals surface area (Å²) in [4.78, 5) is 0. The zero-order valence-corrected chi connectivity index (χ0v) is 12.0. The van der Waals surface area contributed by atoms with Gasteiger partial charge in [0.2, 0.25) is 0 Å². The Morgan fingerprint density at radius 3 is 2.19 bits per heavy atom. The lowest BCUT2D eigenvalue weighted by Crippen LogP contribution is -2.47. The smallest absolute Gasteiger partial charge is 0.166 e. The standard InChI is InChI=1S/C12H26N2OS/c1-6-11(7-2)10(4)14-12(16)13-9(3)8-15-5/h9-11H,6-8H2,1-5H3,(H2,13,14,16). The van der Waals surface area contributed by atoms with Gasteiger partial charge in [0, 0.05) is 19.2 Å². The maximum Gasteiger partial charge on any atom is 0.166 e. The molecule has 0 aliphatic heterocycles. The van der Waals surface area contributed by atoms with E-state index in [1.54, 1.807) is 7.11 Å². The molecule has 0 saturated heterocycles. The highest BCUT2D eigenvalue weighted by Gasteiger charge is 2.14. The van der Waals surface area contributed by atoms with Crippen LogP contribution in [0.1, 0.15) is 40.5 Å². The summed E-state index contributed by atoms with van der Waals surface area (Å²) in [6, 6.07) is 0.670. The molecule has 0 bridgehead atoms. The van der Waals surface area contributed by atoms with E-state index in [4.69, 9.17) is 17.0 Å². The highest BCUT2D eigenvalue weighted by molar-refractivity contribution is 7.80. The van der Waals surface area contributed by atoms with E-state index in [-0.39, 0.29) is 6.04 Å². The van der Waals surface area contributed by atoms with Crippen LogP contribution in [-0.4, -0.2) is 30.9 Å². The Bertz CT molecular complexity index is 195. The first-order valence-electron chi connectivity index (χ1n) is 6.11. The SMILES string of the molecule is CCC(CC)C(C)NC(=S)NC(C)COC. The number of rotatable bonds is 7. The third-order valence-electron chi connectivity index (χ3n) is 2.91. The number of nitrogens with one attached hydrogen (secondary N) is 2. The topological polar surface area (TPSA) is 33.3 Å². The quantitative estimate of drug-likeness (QED) is 0.675. The molecule has 2 atom stereocenters. The molecule has 0 saturated carbocycles. The number of hydrogen-bond acceptors (Lipinski definition) is 2. The van der Waals surface area contributed by atoms with Crippen molar-refractivity contribution in [2.24, 2.45) is 5.92 Å². The molecule has 0 aromatic rings. The molecule has 0 heterocycles. The Balaban J connectivity index is 3.94. The molecule has 96 valence electrons. The number of hydrogen-bond donors (Lipinski definition) is 2. The van der Waals surface area contributed by atoms with Crippen molar-refractivity contribution < 1.29 is 4.74 Å². The normalized spacial score (nSPS) is 14.6. The molecule has 0 rings (SSSR count). The summed E-state index contributed by atoms with van der Waals surface area (Å²) < 4.78 is 5.05. The second-order valence-corrected chi connectivity index (χ2v) is 4.75. The Kier molecular flexibility index (Phi) is 8.57. The van der Waals surface area contributed by atoms with Gasteiger partial charge in [0.25, 0.3) is 0 Å². The summed E-state index contributed by atoms with van der Waals surface area (Å²) in [6.45, 7) is 9.35. The highest BCUT2D eigenvalue weighted by Crippen LogP contribution is 2.12. The van der Waals surface area contributed by atoms with Gasteiger partial charge in [-0.3, -0.25) is 0 Å². The minimum absolute atomic E-state index is 0.249. The van der Waals surface area contributed by atoms with Crippen LogP contribution in [0.5, 0.6) is 0 Å². The van der Waals surface area contributed by atoms with Crippen molar-refractivity contribution in [3.05, 3.63) is 0 Å². The largest absolute Gasteiger partial charge is 0.383 e. The number of thiocarbonyl (C=S) groups is 1. The minimum Gasteiger partial charge on any atom is -0.383 e. The molecule has 0 aromatic carbocycles. The van der Waals surface area contributed by atoms with Crippen LogP contribution in [0.3, 0.4) is 0 Å². The molecule has 2 N–H and O–H groups in total. The van der Waals surface area contributed by atoms with Crippen LogP contribution in [0.15, 0.2) is 0 Å². The van der Waals surface area contributed by atoms with Gasteiger partial charge in [-0.2, -0.15) is 0 Å². The monoisotopic (exact) mass is 246 g/mol. The van der Waals surface area contributed by atoms with Gasteiger partial charge in [-0.25, -0.2) is 0 Å². The van der Waals surface area contributed by atoms with E-state index >= 15 is 0 Å². The molecule has 0 amide bonds. The van der Waals surface area contributed by atoms with Crippen LogP contribution in [0.4, 0.5) is 0 Å². The van der Waals surface area contributed by atoms with Gasteiger partial charge in [-0.1, -0.05) is 26.7 Å². The average Bonchev–Trinajstić information content (AvgIpc) is 2.19. The van der Waals surface area contributed by atoms with Crippen molar-refractivity contribution in [1.29, 1.82) is 0 Å². The lowest BCUT2D eigenvalue weighted by atomic mass is 9.96. The van der Waals surface area contributed by atoms with Crippen LogP contribution in [0.25, 0.3) is 0 Å². The Morgan fingerprint density at radius 2 is 1.75 bits per heavy atom.